The zero-order valence-electron chi connectivity index (χ0n) is 18.6. The molecular formula is C22H36O11. The fourth-order valence-corrected chi connectivity index (χ4v) is 4.24. The molecule has 11 heteroatoms. The van der Waals surface area contributed by atoms with Crippen molar-refractivity contribution in [3.8, 4) is 0 Å². The maximum atomic E-state index is 10.3. The lowest BCUT2D eigenvalue weighted by Crippen LogP contribution is -2.61. The highest BCUT2D eigenvalue weighted by Gasteiger charge is 2.47. The van der Waals surface area contributed by atoms with Gasteiger partial charge in [0.05, 0.1) is 19.8 Å². The SMILES string of the molecule is C=C(C)[C@@H]1CC=C(CO[C@@H]2O[C@H](CO[C@@H]3O[C@H](CO)[C@@H](O)[C@H](O)[C@H]3O)[C@@H](O)[C@H](O)[C@H]2O)CC1. The summed E-state index contributed by atoms with van der Waals surface area (Å²) in [6, 6.07) is 0. The molecule has 0 unspecified atom stereocenters. The monoisotopic (exact) mass is 476 g/mol. The van der Waals surface area contributed by atoms with Crippen LogP contribution in [0.25, 0.3) is 0 Å². The van der Waals surface area contributed by atoms with Crippen molar-refractivity contribution in [1.29, 1.82) is 0 Å². The molecule has 0 aromatic rings. The average molecular weight is 477 g/mol. The Morgan fingerprint density at radius 1 is 0.909 bits per heavy atom. The summed E-state index contributed by atoms with van der Waals surface area (Å²) in [6.07, 6.45) is -9.59. The number of allylic oxidation sites excluding steroid dienone is 2. The second kappa shape index (κ2) is 11.6. The van der Waals surface area contributed by atoms with E-state index in [4.69, 9.17) is 18.9 Å². The van der Waals surface area contributed by atoms with Gasteiger partial charge in [-0.2, -0.15) is 0 Å². The van der Waals surface area contributed by atoms with Gasteiger partial charge in [-0.3, -0.25) is 0 Å². The van der Waals surface area contributed by atoms with Crippen molar-refractivity contribution in [3.05, 3.63) is 23.8 Å². The van der Waals surface area contributed by atoms with E-state index in [1.807, 2.05) is 6.92 Å². The summed E-state index contributed by atoms with van der Waals surface area (Å²) in [7, 11) is 0. The summed E-state index contributed by atoms with van der Waals surface area (Å²) in [6.45, 7) is 5.18. The van der Waals surface area contributed by atoms with Crippen LogP contribution in [0.4, 0.5) is 0 Å². The van der Waals surface area contributed by atoms with Crippen molar-refractivity contribution in [2.24, 2.45) is 5.92 Å². The maximum Gasteiger partial charge on any atom is 0.187 e. The Hall–Kier alpha value is -0.960. The van der Waals surface area contributed by atoms with E-state index in [-0.39, 0.29) is 6.61 Å². The third-order valence-electron chi connectivity index (χ3n) is 6.58. The molecule has 0 radical (unpaired) electrons. The summed E-state index contributed by atoms with van der Waals surface area (Å²) in [5.41, 5.74) is 2.18. The number of ether oxygens (including phenoxy) is 4. The first kappa shape index (κ1) is 26.6. The minimum Gasteiger partial charge on any atom is -0.394 e. The molecule has 0 aromatic carbocycles. The summed E-state index contributed by atoms with van der Waals surface area (Å²) in [4.78, 5) is 0. The molecule has 0 bridgehead atoms. The third-order valence-corrected chi connectivity index (χ3v) is 6.58. The Morgan fingerprint density at radius 2 is 1.48 bits per heavy atom. The van der Waals surface area contributed by atoms with Crippen molar-refractivity contribution in [3.63, 3.8) is 0 Å². The van der Waals surface area contributed by atoms with Crippen LogP contribution in [-0.2, 0) is 18.9 Å². The van der Waals surface area contributed by atoms with Crippen LogP contribution in [0.5, 0.6) is 0 Å². The first-order valence-corrected chi connectivity index (χ1v) is 11.2. The number of aliphatic hydroxyl groups is 7. The topological polar surface area (TPSA) is 179 Å². The molecule has 0 amide bonds. The Labute approximate surface area is 192 Å². The molecule has 0 aromatic heterocycles. The largest absolute Gasteiger partial charge is 0.394 e. The highest BCUT2D eigenvalue weighted by atomic mass is 16.7. The standard InChI is InChI=1S/C22H36O11/c1-10(2)12-5-3-11(4-6-12)8-30-21-20(29)18(27)16(25)14(33-21)9-31-22-19(28)17(26)15(24)13(7-23)32-22/h3,12-29H,1,4-9H2,2H3/t12-,13-,14-,15-,16-,17+,18+,19-,20-,21-,22-/m1/s1. The zero-order chi connectivity index (χ0) is 24.3. The van der Waals surface area contributed by atoms with E-state index in [0.29, 0.717) is 5.92 Å². The van der Waals surface area contributed by atoms with Gasteiger partial charge < -0.3 is 54.7 Å². The van der Waals surface area contributed by atoms with Gasteiger partial charge in [-0.05, 0) is 37.7 Å². The number of aliphatic hydroxyl groups excluding tert-OH is 7. The Kier molecular flexibility index (Phi) is 9.40. The molecule has 2 saturated heterocycles. The van der Waals surface area contributed by atoms with E-state index in [9.17, 15) is 35.7 Å². The van der Waals surface area contributed by atoms with E-state index in [1.54, 1.807) is 0 Å². The van der Waals surface area contributed by atoms with Gasteiger partial charge in [-0.15, -0.1) is 0 Å². The predicted octanol–water partition coefficient (Wildman–Crippen LogP) is -2.07. The van der Waals surface area contributed by atoms with Gasteiger partial charge >= 0.3 is 0 Å². The fourth-order valence-electron chi connectivity index (χ4n) is 4.24. The van der Waals surface area contributed by atoms with E-state index < -0.39 is 74.6 Å². The van der Waals surface area contributed by atoms with Crippen LogP contribution in [-0.4, -0.2) is 117 Å². The van der Waals surface area contributed by atoms with E-state index in [1.165, 1.54) is 0 Å². The number of hydrogen-bond donors (Lipinski definition) is 7. The maximum absolute atomic E-state index is 10.3. The van der Waals surface area contributed by atoms with Crippen LogP contribution in [0.1, 0.15) is 26.2 Å². The molecule has 1 aliphatic carbocycles. The molecular weight excluding hydrogens is 440 g/mol. The molecule has 7 N–H and O–H groups in total. The van der Waals surface area contributed by atoms with Gasteiger partial charge in [0.1, 0.15) is 48.8 Å². The van der Waals surface area contributed by atoms with Gasteiger partial charge in [0.15, 0.2) is 12.6 Å². The normalized spacial score (nSPS) is 44.4. The molecule has 3 aliphatic rings. The number of hydrogen-bond acceptors (Lipinski definition) is 11. The smallest absolute Gasteiger partial charge is 0.187 e. The van der Waals surface area contributed by atoms with Gasteiger partial charge in [0.2, 0.25) is 0 Å². The van der Waals surface area contributed by atoms with Crippen LogP contribution in [0, 0.1) is 5.92 Å². The molecule has 2 fully saturated rings. The molecule has 0 spiro atoms. The first-order valence-electron chi connectivity index (χ1n) is 11.2. The molecule has 11 atom stereocenters. The van der Waals surface area contributed by atoms with Crippen LogP contribution in [0.3, 0.4) is 0 Å². The van der Waals surface area contributed by atoms with Crippen molar-refractivity contribution >= 4 is 0 Å². The van der Waals surface area contributed by atoms with Crippen molar-refractivity contribution < 1.29 is 54.7 Å². The lowest BCUT2D eigenvalue weighted by molar-refractivity contribution is -0.330. The number of rotatable bonds is 8. The molecule has 33 heavy (non-hydrogen) atoms. The predicted molar refractivity (Wildman–Crippen MR) is 113 cm³/mol. The molecule has 11 nitrogen and oxygen atoms in total. The van der Waals surface area contributed by atoms with Crippen LogP contribution in [0.15, 0.2) is 23.8 Å². The summed E-state index contributed by atoms with van der Waals surface area (Å²) >= 11 is 0. The summed E-state index contributed by atoms with van der Waals surface area (Å²) < 4.78 is 22.0. The average Bonchev–Trinajstić information content (AvgIpc) is 2.81. The molecule has 3 rings (SSSR count). The minimum absolute atomic E-state index is 0.188. The lowest BCUT2D eigenvalue weighted by atomic mass is 9.86. The summed E-state index contributed by atoms with van der Waals surface area (Å²) in [5.74, 6) is 0.436. The van der Waals surface area contributed by atoms with Gasteiger partial charge in [0.25, 0.3) is 0 Å². The molecule has 0 saturated carbocycles. The van der Waals surface area contributed by atoms with E-state index in [0.717, 1.165) is 30.4 Å². The zero-order valence-corrected chi connectivity index (χ0v) is 18.6. The Balaban J connectivity index is 1.55. The second-order valence-corrected chi connectivity index (χ2v) is 9.04. The van der Waals surface area contributed by atoms with Crippen LogP contribution in [0.2, 0.25) is 0 Å². The van der Waals surface area contributed by atoms with E-state index >= 15 is 0 Å². The molecule has 2 aliphatic heterocycles. The Morgan fingerprint density at radius 3 is 2.03 bits per heavy atom. The van der Waals surface area contributed by atoms with E-state index in [2.05, 4.69) is 12.7 Å². The Bertz CT molecular complexity index is 683. The van der Waals surface area contributed by atoms with Crippen LogP contribution < -0.4 is 0 Å². The van der Waals surface area contributed by atoms with Crippen molar-refractivity contribution in [2.45, 2.75) is 87.6 Å². The highest BCUT2D eigenvalue weighted by molar-refractivity contribution is 5.12. The fraction of sp³-hybridized carbons (Fsp3) is 0.818. The summed E-state index contributed by atoms with van der Waals surface area (Å²) in [5, 5.41) is 69.8. The van der Waals surface area contributed by atoms with Gasteiger partial charge in [-0.1, -0.05) is 18.2 Å². The quantitative estimate of drug-likeness (QED) is 0.191. The molecule has 190 valence electrons. The van der Waals surface area contributed by atoms with Crippen LogP contribution >= 0.6 is 0 Å². The second-order valence-electron chi connectivity index (χ2n) is 9.04. The van der Waals surface area contributed by atoms with Gasteiger partial charge in [0, 0.05) is 0 Å². The lowest BCUT2D eigenvalue weighted by Gasteiger charge is -2.42. The van der Waals surface area contributed by atoms with Crippen molar-refractivity contribution in [1.82, 2.24) is 0 Å². The highest BCUT2D eigenvalue weighted by Crippen LogP contribution is 2.30. The first-order chi connectivity index (χ1) is 15.6. The third kappa shape index (κ3) is 6.19. The molecule has 2 heterocycles. The van der Waals surface area contributed by atoms with Crippen molar-refractivity contribution in [2.75, 3.05) is 19.8 Å². The van der Waals surface area contributed by atoms with Gasteiger partial charge in [-0.25, -0.2) is 0 Å². The minimum atomic E-state index is -1.62.